The number of amides is 2. The zero-order chi connectivity index (χ0) is 31.3. The number of hydrogen-bond donors (Lipinski definition) is 3. The Morgan fingerprint density at radius 2 is 1.38 bits per heavy atom. The van der Waals surface area contributed by atoms with Gasteiger partial charge in [-0.05, 0) is 46.4 Å². The summed E-state index contributed by atoms with van der Waals surface area (Å²) in [6.07, 6.45) is 5.47. The highest BCUT2D eigenvalue weighted by molar-refractivity contribution is 5.90. The monoisotopic (exact) mass is 602 g/mol. The molecule has 8 heteroatoms. The Hall–Kier alpha value is -5.18. The molecule has 230 valence electrons. The van der Waals surface area contributed by atoms with Crippen LogP contribution in [0, 0.1) is 0 Å². The number of aromatic amines is 1. The van der Waals surface area contributed by atoms with Crippen LogP contribution in [0.15, 0.2) is 121 Å². The Balaban J connectivity index is 1.25. The van der Waals surface area contributed by atoms with Crippen LogP contribution in [0.25, 0.3) is 17.0 Å². The standard InChI is InChI=1S/C37H38N4O4/c42-36(39-44)20-19-29-15-17-32(18-16-29)26-40(22-21-33-25-38-35-14-8-7-13-34(33)35)23-24-45-37(43)41(27-30-9-3-1-4-10-30)28-31-11-5-2-6-12-31/h1-20,25,38,44H,21-24,26-28H2,(H,39,42). The van der Waals surface area contributed by atoms with E-state index in [0.717, 1.165) is 40.7 Å². The van der Waals surface area contributed by atoms with Gasteiger partial charge in [-0.1, -0.05) is 103 Å². The van der Waals surface area contributed by atoms with Crippen molar-refractivity contribution >= 4 is 29.0 Å². The van der Waals surface area contributed by atoms with Gasteiger partial charge in [0.05, 0.1) is 0 Å². The van der Waals surface area contributed by atoms with E-state index in [9.17, 15) is 9.59 Å². The lowest BCUT2D eigenvalue weighted by Crippen LogP contribution is -2.34. The van der Waals surface area contributed by atoms with Gasteiger partial charge in [0.25, 0.3) is 5.91 Å². The number of carbonyl (C=O) groups is 2. The predicted molar refractivity (Wildman–Crippen MR) is 176 cm³/mol. The fraction of sp³-hybridized carbons (Fsp3) is 0.189. The van der Waals surface area contributed by atoms with Gasteiger partial charge >= 0.3 is 6.09 Å². The second kappa shape index (κ2) is 16.0. The van der Waals surface area contributed by atoms with E-state index < -0.39 is 5.91 Å². The molecule has 5 aromatic rings. The van der Waals surface area contributed by atoms with Gasteiger partial charge in [-0.3, -0.25) is 19.8 Å². The van der Waals surface area contributed by atoms with Crippen molar-refractivity contribution in [2.45, 2.75) is 26.1 Å². The van der Waals surface area contributed by atoms with Crippen LogP contribution in [-0.4, -0.2) is 51.7 Å². The average Bonchev–Trinajstić information content (AvgIpc) is 3.50. The molecule has 0 fully saturated rings. The van der Waals surface area contributed by atoms with E-state index in [4.69, 9.17) is 9.94 Å². The molecule has 5 rings (SSSR count). The zero-order valence-electron chi connectivity index (χ0n) is 25.1. The number of para-hydroxylation sites is 1. The number of nitrogens with zero attached hydrogens (tertiary/aromatic N) is 2. The molecule has 2 amide bonds. The van der Waals surface area contributed by atoms with E-state index in [1.807, 2.05) is 97.1 Å². The molecule has 0 bridgehead atoms. The van der Waals surface area contributed by atoms with Crippen molar-refractivity contribution < 1.29 is 19.5 Å². The third-order valence-electron chi connectivity index (χ3n) is 7.62. The van der Waals surface area contributed by atoms with Crippen molar-refractivity contribution in [3.63, 3.8) is 0 Å². The second-order valence-corrected chi connectivity index (χ2v) is 10.9. The molecule has 4 aromatic carbocycles. The molecule has 8 nitrogen and oxygen atoms in total. The summed E-state index contributed by atoms with van der Waals surface area (Å²) in [6.45, 7) is 3.17. The quantitative estimate of drug-likeness (QED) is 0.0759. The molecular formula is C37H38N4O4. The first kappa shape index (κ1) is 31.3. The SMILES string of the molecule is O=C(C=Cc1ccc(CN(CCOC(=O)N(Cc2ccccc2)Cc2ccccc2)CCc2c[nH]c3ccccc23)cc1)NO. The van der Waals surface area contributed by atoms with Gasteiger partial charge in [0, 0.05) is 55.9 Å². The van der Waals surface area contributed by atoms with E-state index in [2.05, 4.69) is 28.2 Å². The highest BCUT2D eigenvalue weighted by atomic mass is 16.6. The Morgan fingerprint density at radius 1 is 0.756 bits per heavy atom. The van der Waals surface area contributed by atoms with Crippen molar-refractivity contribution in [2.24, 2.45) is 0 Å². The summed E-state index contributed by atoms with van der Waals surface area (Å²) in [7, 11) is 0. The molecule has 0 saturated carbocycles. The Labute approximate surface area is 263 Å². The van der Waals surface area contributed by atoms with Gasteiger partial charge in [0.2, 0.25) is 0 Å². The molecule has 0 aliphatic heterocycles. The van der Waals surface area contributed by atoms with E-state index in [1.54, 1.807) is 16.5 Å². The molecular weight excluding hydrogens is 564 g/mol. The molecule has 0 aliphatic carbocycles. The first-order chi connectivity index (χ1) is 22.1. The van der Waals surface area contributed by atoms with Crippen LogP contribution in [0.4, 0.5) is 4.79 Å². The maximum absolute atomic E-state index is 13.4. The van der Waals surface area contributed by atoms with Crippen LogP contribution in [0.1, 0.15) is 27.8 Å². The molecule has 45 heavy (non-hydrogen) atoms. The van der Waals surface area contributed by atoms with Gasteiger partial charge in [-0.25, -0.2) is 10.3 Å². The normalized spacial score (nSPS) is 11.2. The van der Waals surface area contributed by atoms with E-state index >= 15 is 0 Å². The van der Waals surface area contributed by atoms with Crippen molar-refractivity contribution in [3.05, 3.63) is 149 Å². The highest BCUT2D eigenvalue weighted by Crippen LogP contribution is 2.19. The number of ether oxygens (including phenoxy) is 1. The molecule has 0 radical (unpaired) electrons. The molecule has 1 heterocycles. The van der Waals surface area contributed by atoms with Crippen LogP contribution in [0.3, 0.4) is 0 Å². The Kier molecular flexibility index (Phi) is 11.1. The van der Waals surface area contributed by atoms with Crippen molar-refractivity contribution in [3.8, 4) is 0 Å². The number of benzene rings is 4. The lowest BCUT2D eigenvalue weighted by molar-refractivity contribution is -0.124. The van der Waals surface area contributed by atoms with Crippen LogP contribution >= 0.6 is 0 Å². The number of fused-ring (bicyclic) bond motifs is 1. The summed E-state index contributed by atoms with van der Waals surface area (Å²) < 4.78 is 5.88. The maximum Gasteiger partial charge on any atom is 0.410 e. The van der Waals surface area contributed by atoms with Crippen molar-refractivity contribution in [1.82, 2.24) is 20.3 Å². The van der Waals surface area contributed by atoms with Gasteiger partial charge < -0.3 is 9.72 Å². The molecule has 0 atom stereocenters. The average molecular weight is 603 g/mol. The summed E-state index contributed by atoms with van der Waals surface area (Å²) in [5.74, 6) is -0.580. The summed E-state index contributed by atoms with van der Waals surface area (Å²) in [6, 6.07) is 36.1. The number of rotatable bonds is 14. The van der Waals surface area contributed by atoms with E-state index in [1.165, 1.54) is 17.0 Å². The lowest BCUT2D eigenvalue weighted by atomic mass is 10.1. The number of carbonyl (C=O) groups excluding carboxylic acids is 2. The Morgan fingerprint density at radius 3 is 2.04 bits per heavy atom. The molecule has 1 aromatic heterocycles. The fourth-order valence-electron chi connectivity index (χ4n) is 5.23. The lowest BCUT2D eigenvalue weighted by Gasteiger charge is -2.25. The first-order valence-corrected chi connectivity index (χ1v) is 15.1. The topological polar surface area (TPSA) is 97.9 Å². The summed E-state index contributed by atoms with van der Waals surface area (Å²) >= 11 is 0. The Bertz CT molecular complexity index is 1640. The van der Waals surface area contributed by atoms with E-state index in [-0.39, 0.29) is 12.7 Å². The molecule has 0 spiro atoms. The smallest absolute Gasteiger partial charge is 0.410 e. The van der Waals surface area contributed by atoms with Crippen LogP contribution in [0.2, 0.25) is 0 Å². The third kappa shape index (κ3) is 9.40. The van der Waals surface area contributed by atoms with E-state index in [0.29, 0.717) is 26.2 Å². The second-order valence-electron chi connectivity index (χ2n) is 10.9. The van der Waals surface area contributed by atoms with Gasteiger partial charge in [0.1, 0.15) is 6.61 Å². The first-order valence-electron chi connectivity index (χ1n) is 15.1. The summed E-state index contributed by atoms with van der Waals surface area (Å²) in [4.78, 5) is 32.1. The number of H-pyrrole nitrogens is 1. The zero-order valence-corrected chi connectivity index (χ0v) is 25.1. The molecule has 0 unspecified atom stereocenters. The van der Waals surface area contributed by atoms with Crippen molar-refractivity contribution in [1.29, 1.82) is 0 Å². The number of aromatic nitrogens is 1. The number of hydrogen-bond acceptors (Lipinski definition) is 5. The van der Waals surface area contributed by atoms with Gasteiger partial charge in [-0.15, -0.1) is 0 Å². The molecule has 0 aliphatic rings. The van der Waals surface area contributed by atoms with Crippen molar-refractivity contribution in [2.75, 3.05) is 19.7 Å². The number of hydroxylamine groups is 1. The fourth-order valence-corrected chi connectivity index (χ4v) is 5.23. The minimum Gasteiger partial charge on any atom is -0.448 e. The van der Waals surface area contributed by atoms with Gasteiger partial charge in [-0.2, -0.15) is 0 Å². The van der Waals surface area contributed by atoms with Crippen LogP contribution < -0.4 is 5.48 Å². The minimum atomic E-state index is -0.580. The van der Waals surface area contributed by atoms with Crippen LogP contribution in [-0.2, 0) is 35.6 Å². The highest BCUT2D eigenvalue weighted by Gasteiger charge is 2.17. The largest absolute Gasteiger partial charge is 0.448 e. The third-order valence-corrected chi connectivity index (χ3v) is 7.62. The minimum absolute atomic E-state index is 0.254. The van der Waals surface area contributed by atoms with Crippen LogP contribution in [0.5, 0.6) is 0 Å². The van der Waals surface area contributed by atoms with Gasteiger partial charge in [0.15, 0.2) is 0 Å². The summed E-state index contributed by atoms with van der Waals surface area (Å²) in [5.41, 5.74) is 7.98. The summed E-state index contributed by atoms with van der Waals surface area (Å²) in [5, 5.41) is 9.92. The predicted octanol–water partition coefficient (Wildman–Crippen LogP) is 6.57. The molecule has 0 saturated heterocycles. The number of nitrogens with one attached hydrogen (secondary N) is 2. The molecule has 3 N–H and O–H groups in total. The maximum atomic E-state index is 13.4.